The van der Waals surface area contributed by atoms with Gasteiger partial charge in [0.15, 0.2) is 0 Å². The van der Waals surface area contributed by atoms with Crippen LogP contribution in [-0.2, 0) is 0 Å². The number of nitrogens with one attached hydrogen (secondary N) is 1. The Labute approximate surface area is 125 Å². The summed E-state index contributed by atoms with van der Waals surface area (Å²) in [5.41, 5.74) is -0.403. The number of aromatic nitrogens is 1. The topological polar surface area (TPSA) is 79.3 Å². The maximum Gasteiger partial charge on any atom is 0.337 e. The normalized spacial score (nSPS) is 10.2. The molecule has 2 rings (SSSR count). The Hall–Kier alpha value is -2.35. The number of carboxylic acids is 1. The molecule has 108 valence electrons. The maximum atomic E-state index is 13.5. The van der Waals surface area contributed by atoms with E-state index in [-0.39, 0.29) is 21.4 Å². The molecule has 0 saturated carbocycles. The summed E-state index contributed by atoms with van der Waals surface area (Å²) in [5.74, 6) is -3.66. The first kappa shape index (κ1) is 15.0. The SMILES string of the molecule is O=C(O)c1ccc(C(=O)Nc2cc(Br)c(F)cc2F)nc1. The fourth-order valence-corrected chi connectivity index (χ4v) is 1.80. The number of hydrogen-bond donors (Lipinski definition) is 2. The smallest absolute Gasteiger partial charge is 0.337 e. The Morgan fingerprint density at radius 3 is 2.48 bits per heavy atom. The molecule has 0 bridgehead atoms. The first-order valence-corrected chi connectivity index (χ1v) is 6.33. The van der Waals surface area contributed by atoms with Gasteiger partial charge in [-0.1, -0.05) is 0 Å². The van der Waals surface area contributed by atoms with Gasteiger partial charge >= 0.3 is 5.97 Å². The molecule has 0 aliphatic heterocycles. The molecular formula is C13H7BrF2N2O3. The molecule has 0 spiro atoms. The largest absolute Gasteiger partial charge is 0.478 e. The number of pyridine rings is 1. The third-order valence-electron chi connectivity index (χ3n) is 2.50. The molecule has 2 aromatic rings. The van der Waals surface area contributed by atoms with Crippen LogP contribution in [0.3, 0.4) is 0 Å². The second-order valence-electron chi connectivity index (χ2n) is 3.94. The third kappa shape index (κ3) is 3.40. The van der Waals surface area contributed by atoms with Crippen molar-refractivity contribution in [2.24, 2.45) is 0 Å². The number of amides is 1. The van der Waals surface area contributed by atoms with Crippen LogP contribution in [-0.4, -0.2) is 22.0 Å². The van der Waals surface area contributed by atoms with Crippen molar-refractivity contribution in [1.29, 1.82) is 0 Å². The Morgan fingerprint density at radius 1 is 1.19 bits per heavy atom. The molecule has 0 fully saturated rings. The van der Waals surface area contributed by atoms with Crippen LogP contribution in [0, 0.1) is 11.6 Å². The lowest BCUT2D eigenvalue weighted by atomic mass is 10.2. The van der Waals surface area contributed by atoms with Crippen molar-refractivity contribution < 1.29 is 23.5 Å². The van der Waals surface area contributed by atoms with Crippen LogP contribution in [0.4, 0.5) is 14.5 Å². The van der Waals surface area contributed by atoms with Crippen LogP contribution in [0.2, 0.25) is 0 Å². The molecule has 1 aromatic heterocycles. The fraction of sp³-hybridized carbons (Fsp3) is 0. The zero-order valence-corrected chi connectivity index (χ0v) is 11.8. The molecule has 0 atom stereocenters. The highest BCUT2D eigenvalue weighted by atomic mass is 79.9. The zero-order valence-electron chi connectivity index (χ0n) is 10.2. The zero-order chi connectivity index (χ0) is 15.6. The highest BCUT2D eigenvalue weighted by Gasteiger charge is 2.14. The predicted molar refractivity (Wildman–Crippen MR) is 73.2 cm³/mol. The van der Waals surface area contributed by atoms with E-state index in [1.807, 2.05) is 0 Å². The van der Waals surface area contributed by atoms with Crippen molar-refractivity contribution in [3.8, 4) is 0 Å². The molecule has 5 nitrogen and oxygen atoms in total. The summed E-state index contributed by atoms with van der Waals surface area (Å²) in [5, 5.41) is 10.9. The van der Waals surface area contributed by atoms with Gasteiger partial charge in [0.2, 0.25) is 0 Å². The monoisotopic (exact) mass is 356 g/mol. The Bertz CT molecular complexity index is 720. The first-order chi connectivity index (χ1) is 9.88. The molecule has 0 aliphatic carbocycles. The second kappa shape index (κ2) is 5.96. The van der Waals surface area contributed by atoms with Crippen molar-refractivity contribution in [1.82, 2.24) is 4.98 Å². The van der Waals surface area contributed by atoms with E-state index in [0.717, 1.165) is 12.3 Å². The molecule has 0 aliphatic rings. The summed E-state index contributed by atoms with van der Waals surface area (Å²) in [6.07, 6.45) is 1.01. The summed E-state index contributed by atoms with van der Waals surface area (Å²) in [7, 11) is 0. The van der Waals surface area contributed by atoms with Gasteiger partial charge in [0.25, 0.3) is 5.91 Å². The summed E-state index contributed by atoms with van der Waals surface area (Å²) in [4.78, 5) is 26.2. The van der Waals surface area contributed by atoms with Crippen molar-refractivity contribution in [2.75, 3.05) is 5.32 Å². The first-order valence-electron chi connectivity index (χ1n) is 5.53. The van der Waals surface area contributed by atoms with Crippen LogP contribution in [0.15, 0.2) is 34.9 Å². The van der Waals surface area contributed by atoms with E-state index in [1.165, 1.54) is 12.1 Å². The minimum atomic E-state index is -1.18. The van der Waals surface area contributed by atoms with Gasteiger partial charge < -0.3 is 10.4 Å². The van der Waals surface area contributed by atoms with Crippen LogP contribution < -0.4 is 5.32 Å². The Morgan fingerprint density at radius 2 is 1.90 bits per heavy atom. The summed E-state index contributed by atoms with van der Waals surface area (Å²) >= 11 is 2.88. The highest BCUT2D eigenvalue weighted by Crippen LogP contribution is 2.24. The second-order valence-corrected chi connectivity index (χ2v) is 4.79. The number of hydrogen-bond acceptors (Lipinski definition) is 3. The minimum absolute atomic E-state index is 0.00613. The standard InChI is InChI=1S/C13H7BrF2N2O3/c14-7-3-11(9(16)4-8(7)15)18-12(19)10-2-1-6(5-17-10)13(20)21/h1-5H,(H,18,19)(H,20,21). The van der Waals surface area contributed by atoms with Gasteiger partial charge in [-0.2, -0.15) is 0 Å². The molecule has 0 saturated heterocycles. The number of benzene rings is 1. The van der Waals surface area contributed by atoms with Crippen LogP contribution in [0.1, 0.15) is 20.8 Å². The van der Waals surface area contributed by atoms with Crippen molar-refractivity contribution in [3.05, 3.63) is 57.8 Å². The van der Waals surface area contributed by atoms with Crippen LogP contribution in [0.5, 0.6) is 0 Å². The van der Waals surface area contributed by atoms with E-state index in [9.17, 15) is 18.4 Å². The molecule has 1 aromatic carbocycles. The van der Waals surface area contributed by atoms with Gasteiger partial charge in [0.05, 0.1) is 15.7 Å². The van der Waals surface area contributed by atoms with E-state index in [1.54, 1.807) is 0 Å². The molecule has 2 N–H and O–H groups in total. The lowest BCUT2D eigenvalue weighted by Crippen LogP contribution is -2.15. The van der Waals surface area contributed by atoms with Crippen molar-refractivity contribution in [2.45, 2.75) is 0 Å². The molecule has 1 amide bonds. The molecular weight excluding hydrogens is 350 g/mol. The molecule has 8 heteroatoms. The van der Waals surface area contributed by atoms with Gasteiger partial charge in [0, 0.05) is 12.3 Å². The van der Waals surface area contributed by atoms with Gasteiger partial charge in [-0.3, -0.25) is 9.78 Å². The summed E-state index contributed by atoms with van der Waals surface area (Å²) in [6, 6.07) is 4.09. The predicted octanol–water partition coefficient (Wildman–Crippen LogP) is 3.07. The number of carboxylic acid groups (broad SMARTS) is 1. The average Bonchev–Trinajstić information content (AvgIpc) is 2.44. The number of halogens is 3. The van der Waals surface area contributed by atoms with Crippen LogP contribution in [0.25, 0.3) is 0 Å². The lowest BCUT2D eigenvalue weighted by molar-refractivity contribution is 0.0696. The van der Waals surface area contributed by atoms with E-state index in [0.29, 0.717) is 6.07 Å². The van der Waals surface area contributed by atoms with E-state index >= 15 is 0 Å². The molecule has 0 radical (unpaired) electrons. The fourth-order valence-electron chi connectivity index (χ4n) is 1.46. The molecule has 21 heavy (non-hydrogen) atoms. The van der Waals surface area contributed by atoms with Gasteiger partial charge in [0.1, 0.15) is 17.3 Å². The molecule has 1 heterocycles. The Kier molecular flexibility index (Phi) is 4.27. The van der Waals surface area contributed by atoms with Crippen LogP contribution >= 0.6 is 15.9 Å². The summed E-state index contributed by atoms with van der Waals surface area (Å²) < 4.78 is 26.6. The number of rotatable bonds is 3. The third-order valence-corrected chi connectivity index (χ3v) is 3.11. The van der Waals surface area contributed by atoms with Gasteiger partial charge in [-0.15, -0.1) is 0 Å². The number of carbonyl (C=O) groups is 2. The van der Waals surface area contributed by atoms with Crippen molar-refractivity contribution >= 4 is 33.5 Å². The van der Waals surface area contributed by atoms with Gasteiger partial charge in [-0.05, 0) is 34.1 Å². The summed E-state index contributed by atoms with van der Waals surface area (Å²) in [6.45, 7) is 0. The van der Waals surface area contributed by atoms with E-state index < -0.39 is 23.5 Å². The molecule has 0 unspecified atom stereocenters. The van der Waals surface area contributed by atoms with Crippen molar-refractivity contribution in [3.63, 3.8) is 0 Å². The minimum Gasteiger partial charge on any atom is -0.478 e. The maximum absolute atomic E-state index is 13.5. The number of aromatic carboxylic acids is 1. The number of nitrogens with zero attached hydrogens (tertiary/aromatic N) is 1. The number of anilines is 1. The van der Waals surface area contributed by atoms with Gasteiger partial charge in [-0.25, -0.2) is 13.6 Å². The van der Waals surface area contributed by atoms with E-state index in [4.69, 9.17) is 5.11 Å². The quantitative estimate of drug-likeness (QED) is 0.828. The van der Waals surface area contributed by atoms with E-state index in [2.05, 4.69) is 26.2 Å². The number of carbonyl (C=O) groups excluding carboxylic acids is 1. The highest BCUT2D eigenvalue weighted by molar-refractivity contribution is 9.10. The lowest BCUT2D eigenvalue weighted by Gasteiger charge is -2.07. The average molecular weight is 357 g/mol. The Balaban J connectivity index is 2.22.